The smallest absolute Gasteiger partial charge is 0.336 e. The summed E-state index contributed by atoms with van der Waals surface area (Å²) in [6.45, 7) is 2.20. The fourth-order valence-electron chi connectivity index (χ4n) is 3.12. The number of aryl methyl sites for hydroxylation is 1. The Bertz CT molecular complexity index is 1380. The number of rotatable bonds is 5. The van der Waals surface area contributed by atoms with Crippen LogP contribution in [-0.2, 0) is 16.8 Å². The molecule has 1 aromatic heterocycles. The number of phenols is 1. The van der Waals surface area contributed by atoms with E-state index in [9.17, 15) is 22.7 Å². The normalized spacial score (nSPS) is 11.1. The molecule has 4 rings (SSSR count). The van der Waals surface area contributed by atoms with E-state index in [4.69, 9.17) is 10.2 Å². The Kier molecular flexibility index (Phi) is 7.12. The first kappa shape index (κ1) is 23.9. The predicted molar refractivity (Wildman–Crippen MR) is 123 cm³/mol. The quantitative estimate of drug-likeness (QED) is 0.354. The Morgan fingerprint density at radius 1 is 1.06 bits per heavy atom. The molecule has 0 atom stereocenters. The molecule has 4 aromatic rings. The van der Waals surface area contributed by atoms with E-state index in [-0.39, 0.29) is 23.7 Å². The van der Waals surface area contributed by atoms with Crippen molar-refractivity contribution in [3.8, 4) is 11.4 Å². The van der Waals surface area contributed by atoms with Crippen molar-refractivity contribution >= 4 is 27.1 Å². The first-order valence-corrected chi connectivity index (χ1v) is 11.2. The molecule has 10 heteroatoms. The Balaban J connectivity index is 0.000000205. The second-order valence-corrected chi connectivity index (χ2v) is 8.62. The first-order valence-electron chi connectivity index (χ1n) is 9.70. The third-order valence-electron chi connectivity index (χ3n) is 4.73. The Hall–Kier alpha value is -3.73. The van der Waals surface area contributed by atoms with E-state index in [2.05, 4.69) is 4.72 Å². The van der Waals surface area contributed by atoms with Gasteiger partial charge in [-0.15, -0.1) is 0 Å². The third kappa shape index (κ3) is 6.39. The van der Waals surface area contributed by atoms with E-state index in [0.717, 1.165) is 11.1 Å². The summed E-state index contributed by atoms with van der Waals surface area (Å²) in [5, 5.41) is 24.1. The number of nitrogens with zero attached hydrogens (tertiary/aromatic N) is 1. The molecule has 33 heavy (non-hydrogen) atoms. The summed E-state index contributed by atoms with van der Waals surface area (Å²) in [5.41, 5.74) is 3.29. The Labute approximate surface area is 189 Å². The van der Waals surface area contributed by atoms with Crippen LogP contribution in [0.1, 0.15) is 21.5 Å². The zero-order chi connectivity index (χ0) is 24.2. The molecule has 0 amide bonds. The second kappa shape index (κ2) is 9.82. The molecule has 0 aliphatic carbocycles. The van der Waals surface area contributed by atoms with E-state index in [0.29, 0.717) is 16.6 Å². The fourth-order valence-corrected chi connectivity index (χ4v) is 3.49. The van der Waals surface area contributed by atoms with E-state index >= 15 is 0 Å². The summed E-state index contributed by atoms with van der Waals surface area (Å²) < 4.78 is 37.9. The number of phenolic OH excluding ortho intramolecular Hbond substituents is 1. The number of halogens is 1. The van der Waals surface area contributed by atoms with Crippen LogP contribution in [0.15, 0.2) is 72.9 Å². The van der Waals surface area contributed by atoms with Gasteiger partial charge in [0.25, 0.3) is 10.2 Å². The van der Waals surface area contributed by atoms with Crippen molar-refractivity contribution in [2.75, 3.05) is 0 Å². The van der Waals surface area contributed by atoms with Gasteiger partial charge >= 0.3 is 5.97 Å². The molecule has 8 nitrogen and oxygen atoms in total. The predicted octanol–water partition coefficient (Wildman–Crippen LogP) is 3.46. The number of aromatic nitrogens is 1. The van der Waals surface area contributed by atoms with E-state index in [1.54, 1.807) is 29.0 Å². The largest absolute Gasteiger partial charge is 0.508 e. The minimum absolute atomic E-state index is 0.0286. The van der Waals surface area contributed by atoms with E-state index < -0.39 is 16.2 Å². The van der Waals surface area contributed by atoms with Crippen LogP contribution in [-0.4, -0.2) is 29.2 Å². The van der Waals surface area contributed by atoms with E-state index in [1.807, 2.05) is 31.2 Å². The first-order chi connectivity index (χ1) is 15.5. The lowest BCUT2D eigenvalue weighted by atomic mass is 10.1. The maximum Gasteiger partial charge on any atom is 0.336 e. The molecule has 0 unspecified atom stereocenters. The van der Waals surface area contributed by atoms with Crippen molar-refractivity contribution in [3.63, 3.8) is 0 Å². The van der Waals surface area contributed by atoms with Gasteiger partial charge in [-0.05, 0) is 48.9 Å². The highest BCUT2D eigenvalue weighted by molar-refractivity contribution is 7.87. The number of carboxylic acid groups (broad SMARTS) is 1. The average Bonchev–Trinajstić information content (AvgIpc) is 3.17. The summed E-state index contributed by atoms with van der Waals surface area (Å²) in [6, 6.07) is 17.7. The highest BCUT2D eigenvalue weighted by atomic mass is 32.2. The van der Waals surface area contributed by atoms with Crippen LogP contribution in [0, 0.1) is 12.7 Å². The second-order valence-electron chi connectivity index (χ2n) is 7.25. The molecule has 0 fully saturated rings. The van der Waals surface area contributed by atoms with Crippen molar-refractivity contribution in [2.24, 2.45) is 5.14 Å². The lowest BCUT2D eigenvalue weighted by Gasteiger charge is -2.07. The summed E-state index contributed by atoms with van der Waals surface area (Å²) >= 11 is 0. The van der Waals surface area contributed by atoms with Crippen LogP contribution in [0.25, 0.3) is 16.6 Å². The molecule has 0 saturated heterocycles. The van der Waals surface area contributed by atoms with Gasteiger partial charge in [-0.1, -0.05) is 29.8 Å². The van der Waals surface area contributed by atoms with Crippen LogP contribution in [0.3, 0.4) is 0 Å². The van der Waals surface area contributed by atoms with Gasteiger partial charge in [0, 0.05) is 29.9 Å². The Morgan fingerprint density at radius 3 is 2.27 bits per heavy atom. The molecule has 0 aliphatic heterocycles. The minimum atomic E-state index is -3.58. The van der Waals surface area contributed by atoms with Crippen molar-refractivity contribution in [1.29, 1.82) is 0 Å². The number of carbonyl (C=O) groups is 1. The maximum absolute atomic E-state index is 12.9. The van der Waals surface area contributed by atoms with Gasteiger partial charge in [0.2, 0.25) is 0 Å². The molecular weight excluding hydrogens is 449 g/mol. The average molecular weight is 472 g/mol. The lowest BCUT2D eigenvalue weighted by molar-refractivity contribution is 0.0698. The van der Waals surface area contributed by atoms with Crippen LogP contribution in [0.4, 0.5) is 4.39 Å². The van der Waals surface area contributed by atoms with Crippen LogP contribution in [0.5, 0.6) is 5.75 Å². The van der Waals surface area contributed by atoms with Gasteiger partial charge in [0.15, 0.2) is 0 Å². The molecular formula is C23H22FN3O5S. The van der Waals surface area contributed by atoms with Crippen LogP contribution in [0.2, 0.25) is 0 Å². The Morgan fingerprint density at radius 2 is 1.70 bits per heavy atom. The summed E-state index contributed by atoms with van der Waals surface area (Å²) in [5.74, 6) is -1.58. The zero-order valence-corrected chi connectivity index (χ0v) is 18.4. The van der Waals surface area contributed by atoms with Gasteiger partial charge < -0.3 is 14.8 Å². The number of aromatic hydroxyl groups is 1. The number of fused-ring (bicyclic) bond motifs is 1. The lowest BCUT2D eigenvalue weighted by Crippen LogP contribution is -2.30. The fraction of sp³-hybridized carbons (Fsp3) is 0.0870. The van der Waals surface area contributed by atoms with Crippen LogP contribution < -0.4 is 9.86 Å². The summed E-state index contributed by atoms with van der Waals surface area (Å²) in [4.78, 5) is 11.2. The molecule has 0 radical (unpaired) electrons. The highest BCUT2D eigenvalue weighted by Gasteiger charge is 2.14. The molecule has 3 aromatic carbocycles. The molecule has 5 N–H and O–H groups in total. The molecule has 0 aliphatic rings. The SMILES string of the molecule is Cc1ccc(CNS(N)(=O)=O)cc1.O=C(O)c1cc(O)cc2c1ccn2-c1ccc(F)cc1. The standard InChI is InChI=1S/C15H10FNO3.C8H12N2O2S/c16-9-1-3-10(4-2-9)17-6-5-12-13(15(19)20)7-11(18)8-14(12)17;1-7-2-4-8(5-3-7)6-10-13(9,11)12/h1-8,18H,(H,19,20);2-5,10H,6H2,1H3,(H2,9,11,12). The number of carboxylic acids is 1. The maximum atomic E-state index is 12.9. The van der Waals surface area contributed by atoms with Gasteiger partial charge in [0.05, 0.1) is 11.1 Å². The van der Waals surface area contributed by atoms with Gasteiger partial charge in [-0.2, -0.15) is 13.1 Å². The number of aromatic carboxylic acids is 1. The summed E-state index contributed by atoms with van der Waals surface area (Å²) in [7, 11) is -3.58. The number of hydrogen-bond acceptors (Lipinski definition) is 4. The number of benzene rings is 3. The topological polar surface area (TPSA) is 135 Å². The van der Waals surface area contributed by atoms with Crippen molar-refractivity contribution < 1.29 is 27.8 Å². The molecule has 0 spiro atoms. The van der Waals surface area contributed by atoms with Crippen LogP contribution >= 0.6 is 0 Å². The number of nitrogens with two attached hydrogens (primary N) is 1. The summed E-state index contributed by atoms with van der Waals surface area (Å²) in [6.07, 6.45) is 1.68. The third-order valence-corrected chi connectivity index (χ3v) is 5.27. The number of nitrogens with one attached hydrogen (secondary N) is 1. The van der Waals surface area contributed by atoms with Crippen molar-refractivity contribution in [2.45, 2.75) is 13.5 Å². The molecule has 0 bridgehead atoms. The molecule has 0 saturated carbocycles. The highest BCUT2D eigenvalue weighted by Crippen LogP contribution is 2.28. The minimum Gasteiger partial charge on any atom is -0.508 e. The van der Waals surface area contributed by atoms with E-state index in [1.165, 1.54) is 24.3 Å². The van der Waals surface area contributed by atoms with Gasteiger partial charge in [-0.3, -0.25) is 0 Å². The zero-order valence-electron chi connectivity index (χ0n) is 17.6. The van der Waals surface area contributed by atoms with Gasteiger partial charge in [-0.25, -0.2) is 14.3 Å². The molecule has 172 valence electrons. The molecule has 1 heterocycles. The monoisotopic (exact) mass is 471 g/mol. The van der Waals surface area contributed by atoms with Gasteiger partial charge in [0.1, 0.15) is 11.6 Å². The van der Waals surface area contributed by atoms with Crippen molar-refractivity contribution in [1.82, 2.24) is 9.29 Å². The van der Waals surface area contributed by atoms with Crippen molar-refractivity contribution in [3.05, 3.63) is 95.4 Å². The number of hydrogen-bond donors (Lipinski definition) is 4.